The first-order valence-corrected chi connectivity index (χ1v) is 6.72. The van der Waals surface area contributed by atoms with E-state index in [2.05, 4.69) is 5.32 Å². The normalized spacial score (nSPS) is 14.3. The second-order valence-electron chi connectivity index (χ2n) is 4.99. The van der Waals surface area contributed by atoms with Crippen LogP contribution in [0.2, 0.25) is 0 Å². The maximum atomic E-state index is 12.9. The monoisotopic (exact) mass is 308 g/mol. The van der Waals surface area contributed by atoms with Gasteiger partial charge in [0.2, 0.25) is 11.7 Å². The van der Waals surface area contributed by atoms with Crippen LogP contribution in [0.25, 0.3) is 0 Å². The van der Waals surface area contributed by atoms with E-state index in [4.69, 9.17) is 9.47 Å². The van der Waals surface area contributed by atoms with Crippen molar-refractivity contribution in [1.29, 1.82) is 0 Å². The Morgan fingerprint density at radius 2 is 2.05 bits per heavy atom. The van der Waals surface area contributed by atoms with Crippen LogP contribution in [0, 0.1) is 5.82 Å². The summed E-state index contributed by atoms with van der Waals surface area (Å²) >= 11 is 0. The predicted octanol–water partition coefficient (Wildman–Crippen LogP) is 1.15. The molecule has 0 saturated heterocycles. The highest BCUT2D eigenvalue weighted by Gasteiger charge is 2.32. The standard InChI is InChI=1S/C15H17FN2O4/c1-18(2)7-8-21-15(20)13-12(19)9-22-14(13)17-11-5-3-10(16)4-6-11/h3-6,17H,7-9H2,1-2H3. The number of ether oxygens (including phenoxy) is 2. The number of likely N-dealkylation sites (N-methyl/N-ethyl adjacent to an activating group) is 1. The number of nitrogens with zero attached hydrogens (tertiary/aromatic N) is 1. The molecular formula is C15H17FN2O4. The summed E-state index contributed by atoms with van der Waals surface area (Å²) in [5.41, 5.74) is 0.354. The number of anilines is 1. The molecule has 0 fully saturated rings. The quantitative estimate of drug-likeness (QED) is 0.628. The van der Waals surface area contributed by atoms with E-state index in [0.717, 1.165) is 0 Å². The van der Waals surface area contributed by atoms with Crippen LogP contribution in [0.4, 0.5) is 10.1 Å². The van der Waals surface area contributed by atoms with Crippen LogP contribution in [0.1, 0.15) is 0 Å². The Morgan fingerprint density at radius 3 is 2.68 bits per heavy atom. The zero-order chi connectivity index (χ0) is 16.1. The fourth-order valence-corrected chi connectivity index (χ4v) is 1.77. The lowest BCUT2D eigenvalue weighted by Crippen LogP contribution is -2.23. The van der Waals surface area contributed by atoms with Crippen LogP contribution in [0.15, 0.2) is 35.7 Å². The second-order valence-corrected chi connectivity index (χ2v) is 4.99. The Hall–Kier alpha value is -2.41. The Balaban J connectivity index is 2.08. The number of hydrogen-bond acceptors (Lipinski definition) is 6. The minimum Gasteiger partial charge on any atom is -0.470 e. The number of benzene rings is 1. The average Bonchev–Trinajstić information content (AvgIpc) is 2.82. The number of nitrogens with one attached hydrogen (secondary N) is 1. The molecule has 0 saturated carbocycles. The van der Waals surface area contributed by atoms with Gasteiger partial charge in [-0.2, -0.15) is 0 Å². The Kier molecular flexibility index (Phi) is 5.11. The molecule has 0 aliphatic carbocycles. The van der Waals surface area contributed by atoms with E-state index in [1.165, 1.54) is 24.3 Å². The minimum absolute atomic E-state index is 0.0338. The maximum Gasteiger partial charge on any atom is 0.347 e. The van der Waals surface area contributed by atoms with Crippen LogP contribution in [-0.4, -0.2) is 50.5 Å². The molecule has 118 valence electrons. The molecule has 0 spiro atoms. The molecular weight excluding hydrogens is 291 g/mol. The Labute approximate surface area is 127 Å². The predicted molar refractivity (Wildman–Crippen MR) is 77.5 cm³/mol. The number of Topliss-reactive ketones (excluding diaryl/α,β-unsaturated/α-hetero) is 1. The number of esters is 1. The fraction of sp³-hybridized carbons (Fsp3) is 0.333. The number of carbonyl (C=O) groups excluding carboxylic acids is 2. The average molecular weight is 308 g/mol. The van der Waals surface area contributed by atoms with Gasteiger partial charge in [-0.1, -0.05) is 0 Å². The smallest absolute Gasteiger partial charge is 0.347 e. The lowest BCUT2D eigenvalue weighted by atomic mass is 10.2. The summed E-state index contributed by atoms with van der Waals surface area (Å²) in [5, 5.41) is 2.79. The summed E-state index contributed by atoms with van der Waals surface area (Å²) in [7, 11) is 3.69. The molecule has 1 aromatic rings. The molecule has 1 aliphatic heterocycles. The molecule has 1 aliphatic rings. The summed E-state index contributed by atoms with van der Waals surface area (Å²) in [5.74, 6) is -1.52. The van der Waals surface area contributed by atoms with Crippen molar-refractivity contribution in [3.8, 4) is 0 Å². The van der Waals surface area contributed by atoms with E-state index in [-0.39, 0.29) is 30.5 Å². The summed E-state index contributed by atoms with van der Waals surface area (Å²) in [6, 6.07) is 5.47. The van der Waals surface area contributed by atoms with Gasteiger partial charge < -0.3 is 19.7 Å². The van der Waals surface area contributed by atoms with Gasteiger partial charge in [-0.3, -0.25) is 4.79 Å². The second kappa shape index (κ2) is 7.04. The first-order chi connectivity index (χ1) is 10.5. The van der Waals surface area contributed by atoms with Gasteiger partial charge in [-0.15, -0.1) is 0 Å². The molecule has 6 nitrogen and oxygen atoms in total. The molecule has 1 N–H and O–H groups in total. The molecule has 1 heterocycles. The van der Waals surface area contributed by atoms with Gasteiger partial charge in [0.25, 0.3) is 0 Å². The summed E-state index contributed by atoms with van der Waals surface area (Å²) < 4.78 is 23.1. The van der Waals surface area contributed by atoms with Crippen LogP contribution in [0.3, 0.4) is 0 Å². The van der Waals surface area contributed by atoms with Gasteiger partial charge >= 0.3 is 5.97 Å². The number of halogens is 1. The third kappa shape index (κ3) is 4.05. The SMILES string of the molecule is CN(C)CCOC(=O)C1=C(Nc2ccc(F)cc2)OCC1=O. The van der Waals surface area contributed by atoms with Crippen LogP contribution >= 0.6 is 0 Å². The van der Waals surface area contributed by atoms with Crippen LogP contribution < -0.4 is 5.32 Å². The number of ketones is 1. The number of rotatable bonds is 6. The first kappa shape index (κ1) is 16.0. The molecule has 0 radical (unpaired) electrons. The van der Waals surface area contributed by atoms with E-state index >= 15 is 0 Å². The number of carbonyl (C=O) groups is 2. The zero-order valence-corrected chi connectivity index (χ0v) is 12.4. The van der Waals surface area contributed by atoms with Crippen molar-refractivity contribution < 1.29 is 23.5 Å². The molecule has 7 heteroatoms. The van der Waals surface area contributed by atoms with Crippen molar-refractivity contribution in [3.63, 3.8) is 0 Å². The summed E-state index contributed by atoms with van der Waals surface area (Å²) in [6.45, 7) is 0.503. The molecule has 0 aromatic heterocycles. The van der Waals surface area contributed by atoms with Crippen molar-refractivity contribution in [1.82, 2.24) is 4.90 Å². The van der Waals surface area contributed by atoms with Gasteiger partial charge in [0.15, 0.2) is 12.2 Å². The third-order valence-electron chi connectivity index (χ3n) is 2.93. The van der Waals surface area contributed by atoms with Crippen LogP contribution in [-0.2, 0) is 19.1 Å². The lowest BCUT2D eigenvalue weighted by molar-refractivity contribution is -0.140. The fourth-order valence-electron chi connectivity index (χ4n) is 1.77. The van der Waals surface area contributed by atoms with E-state index in [1.807, 2.05) is 19.0 Å². The number of hydrogen-bond donors (Lipinski definition) is 1. The Morgan fingerprint density at radius 1 is 1.36 bits per heavy atom. The van der Waals surface area contributed by atoms with Gasteiger partial charge in [0, 0.05) is 12.2 Å². The van der Waals surface area contributed by atoms with Gasteiger partial charge in [-0.05, 0) is 38.4 Å². The molecule has 0 bridgehead atoms. The van der Waals surface area contributed by atoms with Crippen molar-refractivity contribution >= 4 is 17.4 Å². The Bertz CT molecular complexity index is 596. The molecule has 22 heavy (non-hydrogen) atoms. The van der Waals surface area contributed by atoms with E-state index in [0.29, 0.717) is 12.2 Å². The van der Waals surface area contributed by atoms with Gasteiger partial charge in [-0.25, -0.2) is 9.18 Å². The molecule has 2 rings (SSSR count). The largest absolute Gasteiger partial charge is 0.470 e. The molecule has 0 amide bonds. The summed E-state index contributed by atoms with van der Waals surface area (Å²) in [4.78, 5) is 25.6. The maximum absolute atomic E-state index is 12.9. The third-order valence-corrected chi connectivity index (χ3v) is 2.93. The molecule has 0 unspecified atom stereocenters. The van der Waals surface area contributed by atoms with E-state index < -0.39 is 11.8 Å². The molecule has 1 aromatic carbocycles. The van der Waals surface area contributed by atoms with Crippen molar-refractivity contribution in [2.24, 2.45) is 0 Å². The van der Waals surface area contributed by atoms with E-state index in [9.17, 15) is 14.0 Å². The zero-order valence-electron chi connectivity index (χ0n) is 12.4. The highest BCUT2D eigenvalue weighted by Crippen LogP contribution is 2.20. The topological polar surface area (TPSA) is 67.9 Å². The lowest BCUT2D eigenvalue weighted by Gasteiger charge is -2.11. The van der Waals surface area contributed by atoms with E-state index in [1.54, 1.807) is 0 Å². The van der Waals surface area contributed by atoms with Crippen molar-refractivity contribution in [2.75, 3.05) is 39.2 Å². The highest BCUT2D eigenvalue weighted by atomic mass is 19.1. The van der Waals surface area contributed by atoms with Gasteiger partial charge in [0.1, 0.15) is 12.4 Å². The first-order valence-electron chi connectivity index (χ1n) is 6.72. The highest BCUT2D eigenvalue weighted by molar-refractivity contribution is 6.19. The van der Waals surface area contributed by atoms with Crippen LogP contribution in [0.5, 0.6) is 0 Å². The molecule has 0 atom stereocenters. The van der Waals surface area contributed by atoms with Gasteiger partial charge in [0.05, 0.1) is 0 Å². The minimum atomic E-state index is -0.728. The summed E-state index contributed by atoms with van der Waals surface area (Å²) in [6.07, 6.45) is 0. The van der Waals surface area contributed by atoms with Crippen molar-refractivity contribution in [3.05, 3.63) is 41.5 Å². The van der Waals surface area contributed by atoms with Crippen molar-refractivity contribution in [2.45, 2.75) is 0 Å².